The number of nitrogens with one attached hydrogen (secondary N) is 1. The quantitative estimate of drug-likeness (QED) is 0.667. The van der Waals surface area contributed by atoms with Gasteiger partial charge >= 0.3 is 0 Å². The van der Waals surface area contributed by atoms with Crippen LogP contribution in [0.25, 0.3) is 11.0 Å². The molecular weight excluding hydrogens is 389 g/mol. The average molecular weight is 406 g/mol. The minimum absolute atomic E-state index is 0.0466. The van der Waals surface area contributed by atoms with E-state index in [1.54, 1.807) is 31.2 Å². The molecule has 140 valence electrons. The molecule has 1 heterocycles. The third-order valence-electron chi connectivity index (χ3n) is 4.07. The molecule has 2 aromatic carbocycles. The highest BCUT2D eigenvalue weighted by Crippen LogP contribution is 2.29. The molecule has 2 amide bonds. The van der Waals surface area contributed by atoms with E-state index in [2.05, 4.69) is 10.5 Å². The van der Waals surface area contributed by atoms with Gasteiger partial charge in [-0.3, -0.25) is 9.59 Å². The summed E-state index contributed by atoms with van der Waals surface area (Å²) in [5.74, 6) is -0.609. The fourth-order valence-corrected chi connectivity index (χ4v) is 3.16. The Morgan fingerprint density at radius 1 is 1.11 bits per heavy atom. The number of anilines is 1. The molecule has 27 heavy (non-hydrogen) atoms. The highest BCUT2D eigenvalue weighted by Gasteiger charge is 2.20. The van der Waals surface area contributed by atoms with Gasteiger partial charge in [0.25, 0.3) is 0 Å². The number of benzene rings is 2. The number of halogens is 2. The maximum absolute atomic E-state index is 12.6. The molecule has 0 unspecified atom stereocenters. The standard InChI is InChI=1S/C19H17Cl2N3O3/c1-2-24(11-17(25)22-19-13(20)7-5-8-14(19)21)18(26)10-15-12-6-3-4-9-16(12)27-23-15/h3-9H,2,10-11H2,1H3,(H,22,25). The molecule has 0 aliphatic heterocycles. The van der Waals surface area contributed by atoms with Crippen molar-refractivity contribution in [2.75, 3.05) is 18.4 Å². The Bertz CT molecular complexity index is 967. The topological polar surface area (TPSA) is 75.4 Å². The Morgan fingerprint density at radius 3 is 2.52 bits per heavy atom. The molecule has 0 saturated heterocycles. The fraction of sp³-hybridized carbons (Fsp3) is 0.211. The second-order valence-electron chi connectivity index (χ2n) is 5.85. The second kappa shape index (κ2) is 8.41. The Kier molecular flexibility index (Phi) is 5.98. The van der Waals surface area contributed by atoms with Crippen LogP contribution in [0.1, 0.15) is 12.6 Å². The Labute approximate surface area is 166 Å². The van der Waals surface area contributed by atoms with Crippen molar-refractivity contribution in [2.45, 2.75) is 13.3 Å². The maximum atomic E-state index is 12.6. The van der Waals surface area contributed by atoms with Crippen molar-refractivity contribution >= 4 is 51.7 Å². The molecule has 0 bridgehead atoms. The van der Waals surface area contributed by atoms with Crippen LogP contribution in [0.5, 0.6) is 0 Å². The van der Waals surface area contributed by atoms with Gasteiger partial charge in [-0.05, 0) is 31.2 Å². The molecule has 0 saturated carbocycles. The van der Waals surface area contributed by atoms with Crippen molar-refractivity contribution in [1.29, 1.82) is 0 Å². The monoisotopic (exact) mass is 405 g/mol. The molecule has 1 N–H and O–H groups in total. The predicted molar refractivity (Wildman–Crippen MR) is 105 cm³/mol. The summed E-state index contributed by atoms with van der Waals surface area (Å²) in [6.07, 6.45) is 0.0466. The number of aromatic nitrogens is 1. The van der Waals surface area contributed by atoms with E-state index in [4.69, 9.17) is 27.7 Å². The molecule has 6 nitrogen and oxygen atoms in total. The minimum Gasteiger partial charge on any atom is -0.356 e. The first-order valence-corrected chi connectivity index (χ1v) is 9.10. The van der Waals surface area contributed by atoms with E-state index in [0.29, 0.717) is 33.6 Å². The van der Waals surface area contributed by atoms with Crippen LogP contribution < -0.4 is 5.32 Å². The number of nitrogens with zero attached hydrogens (tertiary/aromatic N) is 2. The maximum Gasteiger partial charge on any atom is 0.244 e. The first-order valence-electron chi connectivity index (χ1n) is 8.34. The van der Waals surface area contributed by atoms with Gasteiger partial charge in [0, 0.05) is 11.9 Å². The molecular formula is C19H17Cl2N3O3. The van der Waals surface area contributed by atoms with E-state index >= 15 is 0 Å². The zero-order valence-corrected chi connectivity index (χ0v) is 16.0. The van der Waals surface area contributed by atoms with Gasteiger partial charge in [-0.25, -0.2) is 0 Å². The highest BCUT2D eigenvalue weighted by atomic mass is 35.5. The number of hydrogen-bond acceptors (Lipinski definition) is 4. The molecule has 3 aromatic rings. The van der Waals surface area contributed by atoms with Crippen LogP contribution in [0.4, 0.5) is 5.69 Å². The zero-order chi connectivity index (χ0) is 19.4. The van der Waals surface area contributed by atoms with Crippen LogP contribution in [-0.2, 0) is 16.0 Å². The summed E-state index contributed by atoms with van der Waals surface area (Å²) in [7, 11) is 0. The number of likely N-dealkylation sites (N-methyl/N-ethyl adjacent to an activating group) is 1. The molecule has 0 atom stereocenters. The zero-order valence-electron chi connectivity index (χ0n) is 14.5. The summed E-state index contributed by atoms with van der Waals surface area (Å²) in [5, 5.41) is 8.07. The van der Waals surface area contributed by atoms with E-state index in [1.807, 2.05) is 18.2 Å². The van der Waals surface area contributed by atoms with Crippen LogP contribution in [0.2, 0.25) is 10.0 Å². The van der Waals surface area contributed by atoms with Crippen LogP contribution in [-0.4, -0.2) is 35.0 Å². The lowest BCUT2D eigenvalue weighted by Gasteiger charge is -2.20. The SMILES string of the molecule is CCN(CC(=O)Nc1c(Cl)cccc1Cl)C(=O)Cc1noc2ccccc12. The lowest BCUT2D eigenvalue weighted by molar-refractivity contribution is -0.133. The smallest absolute Gasteiger partial charge is 0.244 e. The summed E-state index contributed by atoms with van der Waals surface area (Å²) >= 11 is 12.1. The number of rotatable bonds is 6. The van der Waals surface area contributed by atoms with Gasteiger partial charge in [0.2, 0.25) is 11.8 Å². The van der Waals surface area contributed by atoms with Crippen LogP contribution in [0.15, 0.2) is 47.0 Å². The van der Waals surface area contributed by atoms with E-state index in [9.17, 15) is 9.59 Å². The molecule has 0 aliphatic carbocycles. The number of carbonyl (C=O) groups is 2. The largest absolute Gasteiger partial charge is 0.356 e. The van der Waals surface area contributed by atoms with Crippen LogP contribution >= 0.6 is 23.2 Å². The van der Waals surface area contributed by atoms with Gasteiger partial charge in [-0.15, -0.1) is 0 Å². The number of para-hydroxylation sites is 2. The fourth-order valence-electron chi connectivity index (χ4n) is 2.67. The van der Waals surface area contributed by atoms with Crippen molar-refractivity contribution in [2.24, 2.45) is 0 Å². The Morgan fingerprint density at radius 2 is 1.81 bits per heavy atom. The second-order valence-corrected chi connectivity index (χ2v) is 6.67. The number of amides is 2. The molecule has 0 spiro atoms. The lowest BCUT2D eigenvalue weighted by Crippen LogP contribution is -2.38. The molecule has 0 radical (unpaired) electrons. The van der Waals surface area contributed by atoms with Crippen LogP contribution in [0, 0.1) is 0 Å². The summed E-state index contributed by atoms with van der Waals surface area (Å²) in [5.41, 5.74) is 1.50. The van der Waals surface area contributed by atoms with E-state index in [1.165, 1.54) is 4.90 Å². The van der Waals surface area contributed by atoms with E-state index < -0.39 is 0 Å². The molecule has 3 rings (SSSR count). The normalized spacial score (nSPS) is 10.8. The number of carbonyl (C=O) groups excluding carboxylic acids is 2. The van der Waals surface area contributed by atoms with Crippen molar-refractivity contribution in [1.82, 2.24) is 10.1 Å². The first kappa shape index (κ1) is 19.2. The third kappa shape index (κ3) is 4.40. The summed E-state index contributed by atoms with van der Waals surface area (Å²) in [6, 6.07) is 12.3. The highest BCUT2D eigenvalue weighted by molar-refractivity contribution is 6.39. The van der Waals surface area contributed by atoms with Gasteiger partial charge in [0.05, 0.1) is 28.7 Å². The number of hydrogen-bond donors (Lipinski definition) is 1. The minimum atomic E-state index is -0.384. The van der Waals surface area contributed by atoms with Gasteiger partial charge in [-0.1, -0.05) is 46.6 Å². The molecule has 0 fully saturated rings. The van der Waals surface area contributed by atoms with Crippen LogP contribution in [0.3, 0.4) is 0 Å². The van der Waals surface area contributed by atoms with Gasteiger partial charge in [-0.2, -0.15) is 0 Å². The third-order valence-corrected chi connectivity index (χ3v) is 4.70. The lowest BCUT2D eigenvalue weighted by atomic mass is 10.1. The van der Waals surface area contributed by atoms with E-state index in [-0.39, 0.29) is 24.8 Å². The van der Waals surface area contributed by atoms with Gasteiger partial charge in [0.1, 0.15) is 5.69 Å². The van der Waals surface area contributed by atoms with Crippen molar-refractivity contribution < 1.29 is 14.1 Å². The van der Waals surface area contributed by atoms with Gasteiger partial charge in [0.15, 0.2) is 5.58 Å². The first-order chi connectivity index (χ1) is 13.0. The summed E-state index contributed by atoms with van der Waals surface area (Å²) < 4.78 is 5.22. The molecule has 8 heteroatoms. The molecule has 0 aliphatic rings. The summed E-state index contributed by atoms with van der Waals surface area (Å²) in [4.78, 5) is 26.4. The Hall–Kier alpha value is -2.57. The average Bonchev–Trinajstić information content (AvgIpc) is 3.06. The van der Waals surface area contributed by atoms with Crippen molar-refractivity contribution in [3.05, 3.63) is 58.2 Å². The van der Waals surface area contributed by atoms with Crippen molar-refractivity contribution in [3.8, 4) is 0 Å². The predicted octanol–water partition coefficient (Wildman–Crippen LogP) is 4.16. The van der Waals surface area contributed by atoms with Crippen molar-refractivity contribution in [3.63, 3.8) is 0 Å². The summed E-state index contributed by atoms with van der Waals surface area (Å²) in [6.45, 7) is 2.06. The number of fused-ring (bicyclic) bond motifs is 1. The van der Waals surface area contributed by atoms with E-state index in [0.717, 1.165) is 5.39 Å². The van der Waals surface area contributed by atoms with Gasteiger partial charge < -0.3 is 14.7 Å². The Balaban J connectivity index is 1.67. The molecule has 1 aromatic heterocycles.